The lowest BCUT2D eigenvalue weighted by molar-refractivity contribution is -0.140. The predicted octanol–water partition coefficient (Wildman–Crippen LogP) is 7.63. The second-order valence-corrected chi connectivity index (χ2v) is 10.7. The summed E-state index contributed by atoms with van der Waals surface area (Å²) in [5.74, 6) is -8.75. The lowest BCUT2D eigenvalue weighted by Crippen LogP contribution is -2.48. The van der Waals surface area contributed by atoms with Crippen molar-refractivity contribution in [3.8, 4) is 5.75 Å². The zero-order chi connectivity index (χ0) is 32.8. The maximum atomic E-state index is 14.1. The van der Waals surface area contributed by atoms with Gasteiger partial charge in [0.1, 0.15) is 11.6 Å². The summed E-state index contributed by atoms with van der Waals surface area (Å²) in [4.78, 5) is 27.0. The molecular weight excluding hydrogens is 619 g/mol. The minimum Gasteiger partial charge on any atom is -0.496 e. The van der Waals surface area contributed by atoms with E-state index in [1.165, 1.54) is 18.2 Å². The first kappa shape index (κ1) is 31.9. The van der Waals surface area contributed by atoms with E-state index in [9.17, 15) is 49.1 Å². The van der Waals surface area contributed by atoms with E-state index in [2.05, 4.69) is 10.6 Å². The Morgan fingerprint density at radius 2 is 1.53 bits per heavy atom. The molecule has 2 saturated carbocycles. The molecule has 0 radical (unpaired) electrons. The minimum absolute atomic E-state index is 0.165. The molecule has 0 aromatic heterocycles. The maximum Gasteiger partial charge on any atom is 0.419 e. The molecular formula is C31H23F9N2O3. The van der Waals surface area contributed by atoms with Crippen molar-refractivity contribution in [2.24, 2.45) is 17.8 Å². The van der Waals surface area contributed by atoms with Crippen LogP contribution in [0.4, 0.5) is 45.2 Å². The number of nitrogens with one attached hydrogen (secondary N) is 2. The van der Waals surface area contributed by atoms with Gasteiger partial charge in [0.05, 0.1) is 29.7 Å². The fourth-order valence-corrected chi connectivity index (χ4v) is 6.14. The van der Waals surface area contributed by atoms with Crippen molar-refractivity contribution in [3.63, 3.8) is 0 Å². The first-order chi connectivity index (χ1) is 21.1. The van der Waals surface area contributed by atoms with Gasteiger partial charge in [0.2, 0.25) is 5.91 Å². The van der Waals surface area contributed by atoms with Gasteiger partial charge in [0, 0.05) is 23.7 Å². The van der Waals surface area contributed by atoms with Crippen LogP contribution in [0.1, 0.15) is 39.9 Å². The number of fused-ring (bicyclic) bond motifs is 2. The summed E-state index contributed by atoms with van der Waals surface area (Å²) in [6.45, 7) is 0. The second-order valence-electron chi connectivity index (χ2n) is 10.7. The third-order valence-electron chi connectivity index (χ3n) is 8.07. The highest BCUT2D eigenvalue weighted by molar-refractivity contribution is 5.99. The fourth-order valence-electron chi connectivity index (χ4n) is 6.14. The lowest BCUT2D eigenvalue weighted by Gasteiger charge is -2.30. The second kappa shape index (κ2) is 11.8. The van der Waals surface area contributed by atoms with Gasteiger partial charge >= 0.3 is 12.4 Å². The van der Waals surface area contributed by atoms with Crippen LogP contribution in [0.15, 0.2) is 60.2 Å². The van der Waals surface area contributed by atoms with Gasteiger partial charge in [-0.15, -0.1) is 0 Å². The molecule has 0 spiro atoms. The first-order valence-electron chi connectivity index (χ1n) is 13.5. The molecule has 2 fully saturated rings. The van der Waals surface area contributed by atoms with Crippen molar-refractivity contribution in [1.29, 1.82) is 0 Å². The molecule has 3 aromatic carbocycles. The number of alkyl halides is 6. The predicted molar refractivity (Wildman–Crippen MR) is 143 cm³/mol. The van der Waals surface area contributed by atoms with Gasteiger partial charge in [-0.2, -0.15) is 26.3 Å². The molecule has 3 aromatic rings. The molecule has 2 N–H and O–H groups in total. The number of amides is 2. The van der Waals surface area contributed by atoms with Crippen molar-refractivity contribution in [1.82, 2.24) is 5.32 Å². The topological polar surface area (TPSA) is 67.4 Å². The maximum absolute atomic E-state index is 14.1. The van der Waals surface area contributed by atoms with Crippen molar-refractivity contribution in [2.75, 3.05) is 12.4 Å². The van der Waals surface area contributed by atoms with E-state index in [4.69, 9.17) is 4.74 Å². The van der Waals surface area contributed by atoms with E-state index in [0.29, 0.717) is 42.7 Å². The standard InChI is InChI=1S/C31H23F9N2O3/c1-45-25-13-24(34)23(33)12-20(25)28(43)42-27-18-7-6-17(19(18)10-14-3-2-4-15(9-14)30(35,36)37)26(27)29(44)41-16-5-8-22(32)21(11-16)31(38,39)40/h2-5,8-13,17-18,26-27H,6-7H2,1H3,(H,41,44)(H,42,43)/t17?,18?,26-,27+/m0/s1. The van der Waals surface area contributed by atoms with E-state index >= 15 is 0 Å². The Bertz CT molecular complexity index is 1680. The SMILES string of the molecule is COc1cc(F)c(F)cc1C(=O)N[C@@H]1C2CCC(C2=Cc2cccc(C(F)(F)F)c2)[C@@H]1C(=O)Nc1ccc(F)c(C(F)(F)F)c1. The number of methoxy groups -OCH3 is 1. The molecule has 5 rings (SSSR count). The normalized spacial score (nSPS) is 22.0. The van der Waals surface area contributed by atoms with Crippen LogP contribution >= 0.6 is 0 Å². The fraction of sp³-hybridized carbons (Fsp3) is 0.290. The highest BCUT2D eigenvalue weighted by atomic mass is 19.4. The van der Waals surface area contributed by atoms with Crippen LogP contribution in [0, 0.1) is 35.2 Å². The summed E-state index contributed by atoms with van der Waals surface area (Å²) in [7, 11) is 1.12. The Hall–Kier alpha value is -4.49. The van der Waals surface area contributed by atoms with Crippen LogP contribution in [-0.2, 0) is 17.1 Å². The molecule has 2 bridgehead atoms. The first-order valence-corrected chi connectivity index (χ1v) is 13.5. The number of halogens is 9. The van der Waals surface area contributed by atoms with Crippen molar-refractivity contribution >= 4 is 23.6 Å². The van der Waals surface area contributed by atoms with E-state index in [1.54, 1.807) is 0 Å². The molecule has 2 aliphatic rings. The van der Waals surface area contributed by atoms with Crippen LogP contribution in [0.5, 0.6) is 5.75 Å². The summed E-state index contributed by atoms with van der Waals surface area (Å²) >= 11 is 0. The Morgan fingerprint density at radius 1 is 0.844 bits per heavy atom. The van der Waals surface area contributed by atoms with Crippen molar-refractivity contribution < 1.29 is 53.8 Å². The molecule has 0 heterocycles. The zero-order valence-corrected chi connectivity index (χ0v) is 23.1. The zero-order valence-electron chi connectivity index (χ0n) is 23.1. The summed E-state index contributed by atoms with van der Waals surface area (Å²) in [6, 6.07) is 6.50. The highest BCUT2D eigenvalue weighted by Crippen LogP contribution is 2.54. The molecule has 2 amide bonds. The van der Waals surface area contributed by atoms with E-state index in [0.717, 1.165) is 25.3 Å². The van der Waals surface area contributed by atoms with Crippen molar-refractivity contribution in [3.05, 3.63) is 99.9 Å². The van der Waals surface area contributed by atoms with Crippen LogP contribution in [-0.4, -0.2) is 25.0 Å². The smallest absolute Gasteiger partial charge is 0.419 e. The summed E-state index contributed by atoms with van der Waals surface area (Å²) < 4.78 is 127. The van der Waals surface area contributed by atoms with E-state index in [1.807, 2.05) is 0 Å². The Morgan fingerprint density at radius 3 is 2.20 bits per heavy atom. The number of hydrogen-bond donors (Lipinski definition) is 2. The number of hydrogen-bond acceptors (Lipinski definition) is 3. The van der Waals surface area contributed by atoms with Gasteiger partial charge < -0.3 is 15.4 Å². The largest absolute Gasteiger partial charge is 0.496 e. The number of ether oxygens (including phenoxy) is 1. The monoisotopic (exact) mass is 642 g/mol. The van der Waals surface area contributed by atoms with Crippen LogP contribution in [0.25, 0.3) is 6.08 Å². The average molecular weight is 643 g/mol. The molecule has 4 atom stereocenters. The van der Waals surface area contributed by atoms with Gasteiger partial charge in [-0.1, -0.05) is 23.8 Å². The van der Waals surface area contributed by atoms with E-state index < -0.39 is 82.1 Å². The van der Waals surface area contributed by atoms with Crippen LogP contribution in [0.3, 0.4) is 0 Å². The molecule has 14 heteroatoms. The Labute approximate surface area is 250 Å². The van der Waals surface area contributed by atoms with Crippen molar-refractivity contribution in [2.45, 2.75) is 31.2 Å². The average Bonchev–Trinajstić information content (AvgIpc) is 3.48. The number of anilines is 1. The number of benzene rings is 3. The van der Waals surface area contributed by atoms with Gasteiger partial charge in [-0.25, -0.2) is 13.2 Å². The third kappa shape index (κ3) is 6.36. The molecule has 238 valence electrons. The highest BCUT2D eigenvalue weighted by Gasteiger charge is 2.54. The third-order valence-corrected chi connectivity index (χ3v) is 8.07. The summed E-state index contributed by atoms with van der Waals surface area (Å²) in [5.41, 5.74) is -2.63. The number of carbonyl (C=O) groups is 2. The number of carbonyl (C=O) groups excluding carboxylic acids is 2. The molecule has 5 nitrogen and oxygen atoms in total. The lowest BCUT2D eigenvalue weighted by atomic mass is 9.83. The van der Waals surface area contributed by atoms with Gasteiger partial charge in [-0.05, 0) is 60.7 Å². The number of rotatable bonds is 6. The molecule has 0 saturated heterocycles. The Balaban J connectivity index is 1.52. The summed E-state index contributed by atoms with van der Waals surface area (Å²) in [5, 5.41) is 4.97. The van der Waals surface area contributed by atoms with E-state index in [-0.39, 0.29) is 17.0 Å². The quantitative estimate of drug-likeness (QED) is 0.272. The van der Waals surface area contributed by atoms with Gasteiger partial charge in [0.25, 0.3) is 5.91 Å². The molecule has 45 heavy (non-hydrogen) atoms. The summed E-state index contributed by atoms with van der Waals surface area (Å²) in [6.07, 6.45) is -7.48. The van der Waals surface area contributed by atoms with Crippen LogP contribution < -0.4 is 15.4 Å². The van der Waals surface area contributed by atoms with Gasteiger partial charge in [-0.3, -0.25) is 9.59 Å². The van der Waals surface area contributed by atoms with Gasteiger partial charge in [0.15, 0.2) is 11.6 Å². The van der Waals surface area contributed by atoms with Crippen LogP contribution in [0.2, 0.25) is 0 Å². The molecule has 0 aliphatic heterocycles. The minimum atomic E-state index is -5.06. The molecule has 2 unspecified atom stereocenters. The Kier molecular flexibility index (Phi) is 8.36. The molecule has 2 aliphatic carbocycles.